The van der Waals surface area contributed by atoms with E-state index in [1.54, 1.807) is 22.8 Å². The summed E-state index contributed by atoms with van der Waals surface area (Å²) in [6, 6.07) is 14.5. The van der Waals surface area contributed by atoms with Gasteiger partial charge < -0.3 is 5.11 Å². The van der Waals surface area contributed by atoms with Crippen LogP contribution in [0.3, 0.4) is 0 Å². The Bertz CT molecular complexity index is 1160. The maximum absolute atomic E-state index is 12.9. The molecule has 0 bridgehead atoms. The highest BCUT2D eigenvalue weighted by atomic mass is 16.4. The SMILES string of the molecule is C#CCCn1nc(C(C)(C)C)n(Cc2ccc(-c3ccccc3C(=O)O)cc2)c1=O. The van der Waals surface area contributed by atoms with Crippen LogP contribution in [0.2, 0.25) is 0 Å². The van der Waals surface area contributed by atoms with Gasteiger partial charge in [-0.2, -0.15) is 5.10 Å². The highest BCUT2D eigenvalue weighted by Gasteiger charge is 2.24. The molecule has 154 valence electrons. The number of terminal acetylenes is 1. The van der Waals surface area contributed by atoms with Gasteiger partial charge >= 0.3 is 11.7 Å². The molecule has 0 aliphatic heterocycles. The predicted octanol–water partition coefficient (Wildman–Crippen LogP) is 3.78. The van der Waals surface area contributed by atoms with Crippen LogP contribution >= 0.6 is 0 Å². The Kier molecular flexibility index (Phi) is 5.93. The summed E-state index contributed by atoms with van der Waals surface area (Å²) in [7, 11) is 0. The summed E-state index contributed by atoms with van der Waals surface area (Å²) >= 11 is 0. The van der Waals surface area contributed by atoms with Gasteiger partial charge in [-0.3, -0.25) is 4.57 Å². The first-order valence-electron chi connectivity index (χ1n) is 9.75. The molecular formula is C24H25N3O3. The second kappa shape index (κ2) is 8.42. The summed E-state index contributed by atoms with van der Waals surface area (Å²) in [4.78, 5) is 24.4. The van der Waals surface area contributed by atoms with Crippen LogP contribution in [0.5, 0.6) is 0 Å². The zero-order chi connectivity index (χ0) is 21.9. The molecule has 0 aliphatic carbocycles. The van der Waals surface area contributed by atoms with Crippen molar-refractivity contribution in [2.24, 2.45) is 0 Å². The second-order valence-corrected chi connectivity index (χ2v) is 8.17. The molecule has 0 saturated carbocycles. The van der Waals surface area contributed by atoms with Gasteiger partial charge in [0, 0.05) is 11.8 Å². The lowest BCUT2D eigenvalue weighted by atomic mass is 9.95. The van der Waals surface area contributed by atoms with Gasteiger partial charge in [-0.05, 0) is 22.8 Å². The van der Waals surface area contributed by atoms with E-state index in [1.807, 2.05) is 51.1 Å². The van der Waals surface area contributed by atoms with E-state index in [0.29, 0.717) is 30.9 Å². The van der Waals surface area contributed by atoms with Crippen LogP contribution in [-0.2, 0) is 18.5 Å². The first-order valence-corrected chi connectivity index (χ1v) is 9.75. The molecule has 1 N–H and O–H groups in total. The third-order valence-corrected chi connectivity index (χ3v) is 4.82. The maximum atomic E-state index is 12.9. The summed E-state index contributed by atoms with van der Waals surface area (Å²) in [5.74, 6) is 2.28. The fraction of sp³-hybridized carbons (Fsp3) is 0.292. The Labute approximate surface area is 175 Å². The minimum absolute atomic E-state index is 0.185. The summed E-state index contributed by atoms with van der Waals surface area (Å²) in [6.07, 6.45) is 5.78. The molecule has 30 heavy (non-hydrogen) atoms. The Morgan fingerprint density at radius 3 is 2.40 bits per heavy atom. The lowest BCUT2D eigenvalue weighted by molar-refractivity contribution is 0.0697. The van der Waals surface area contributed by atoms with E-state index in [0.717, 1.165) is 11.1 Å². The molecule has 0 amide bonds. The number of carboxylic acid groups (broad SMARTS) is 1. The minimum atomic E-state index is -0.963. The second-order valence-electron chi connectivity index (χ2n) is 8.17. The summed E-state index contributed by atoms with van der Waals surface area (Å²) in [5, 5.41) is 13.9. The van der Waals surface area contributed by atoms with Crippen LogP contribution < -0.4 is 5.69 Å². The smallest absolute Gasteiger partial charge is 0.346 e. The van der Waals surface area contributed by atoms with Gasteiger partial charge in [0.25, 0.3) is 0 Å². The van der Waals surface area contributed by atoms with Crippen molar-refractivity contribution in [3.8, 4) is 23.5 Å². The number of carboxylic acids is 1. The third-order valence-electron chi connectivity index (χ3n) is 4.82. The molecule has 0 spiro atoms. The minimum Gasteiger partial charge on any atom is -0.478 e. The van der Waals surface area contributed by atoms with Gasteiger partial charge in [0.1, 0.15) is 5.82 Å². The van der Waals surface area contributed by atoms with Gasteiger partial charge in [0.15, 0.2) is 0 Å². The van der Waals surface area contributed by atoms with Crippen LogP contribution in [0.1, 0.15) is 48.9 Å². The number of nitrogens with zero attached hydrogens (tertiary/aromatic N) is 3. The van der Waals surface area contributed by atoms with E-state index in [2.05, 4.69) is 11.0 Å². The van der Waals surface area contributed by atoms with Gasteiger partial charge in [0.05, 0.1) is 18.7 Å². The van der Waals surface area contributed by atoms with Gasteiger partial charge in [-0.25, -0.2) is 14.3 Å². The van der Waals surface area contributed by atoms with E-state index in [1.165, 1.54) is 4.68 Å². The van der Waals surface area contributed by atoms with E-state index in [4.69, 9.17) is 6.42 Å². The molecule has 0 atom stereocenters. The summed E-state index contributed by atoms with van der Waals surface area (Å²) < 4.78 is 3.11. The molecule has 0 unspecified atom stereocenters. The zero-order valence-electron chi connectivity index (χ0n) is 17.4. The van der Waals surface area contributed by atoms with Gasteiger partial charge in [0.2, 0.25) is 0 Å². The molecular weight excluding hydrogens is 378 g/mol. The van der Waals surface area contributed by atoms with Crippen molar-refractivity contribution in [1.29, 1.82) is 0 Å². The summed E-state index contributed by atoms with van der Waals surface area (Å²) in [5.41, 5.74) is 2.16. The standard InChI is InChI=1S/C24H25N3O3/c1-5-6-15-27-23(30)26(22(25-27)24(2,3)4)16-17-11-13-18(14-12-17)19-9-7-8-10-20(19)21(28)29/h1,7-14H,6,15-16H2,2-4H3,(H,28,29). The van der Waals surface area contributed by atoms with Crippen molar-refractivity contribution >= 4 is 5.97 Å². The summed E-state index contributed by atoms with van der Waals surface area (Å²) in [6.45, 7) is 6.81. The van der Waals surface area contributed by atoms with Gasteiger partial charge in [-0.15, -0.1) is 12.3 Å². The van der Waals surface area contributed by atoms with Crippen LogP contribution in [0.25, 0.3) is 11.1 Å². The number of aromatic carboxylic acids is 1. The first-order chi connectivity index (χ1) is 14.2. The fourth-order valence-corrected chi connectivity index (χ4v) is 3.35. The number of carbonyl (C=O) groups is 1. The van der Waals surface area contributed by atoms with Crippen molar-refractivity contribution in [3.63, 3.8) is 0 Å². The van der Waals surface area contributed by atoms with Gasteiger partial charge in [-0.1, -0.05) is 63.2 Å². The largest absolute Gasteiger partial charge is 0.478 e. The number of rotatable bonds is 6. The van der Waals surface area contributed by atoms with Crippen LogP contribution in [-0.4, -0.2) is 25.4 Å². The Balaban J connectivity index is 1.95. The van der Waals surface area contributed by atoms with Crippen LogP contribution in [0.15, 0.2) is 53.3 Å². The van der Waals surface area contributed by atoms with Crippen molar-refractivity contribution in [2.75, 3.05) is 0 Å². The third kappa shape index (κ3) is 4.36. The molecule has 3 aromatic rings. The maximum Gasteiger partial charge on any atom is 0.346 e. The Morgan fingerprint density at radius 2 is 1.80 bits per heavy atom. The number of benzene rings is 2. The quantitative estimate of drug-likeness (QED) is 0.636. The molecule has 0 aliphatic rings. The Morgan fingerprint density at radius 1 is 1.13 bits per heavy atom. The molecule has 6 heteroatoms. The van der Waals surface area contributed by atoms with Crippen molar-refractivity contribution < 1.29 is 9.90 Å². The van der Waals surface area contributed by atoms with Crippen molar-refractivity contribution in [3.05, 3.63) is 76.0 Å². The number of aryl methyl sites for hydroxylation is 1. The predicted molar refractivity (Wildman–Crippen MR) is 117 cm³/mol. The zero-order valence-corrected chi connectivity index (χ0v) is 17.4. The highest BCUT2D eigenvalue weighted by molar-refractivity contribution is 5.95. The highest BCUT2D eigenvalue weighted by Crippen LogP contribution is 2.25. The Hall–Kier alpha value is -3.59. The molecule has 1 heterocycles. The molecule has 1 aromatic heterocycles. The molecule has 0 fully saturated rings. The molecule has 0 radical (unpaired) electrons. The number of aromatic nitrogens is 3. The molecule has 0 saturated heterocycles. The monoisotopic (exact) mass is 403 g/mol. The van der Waals surface area contributed by atoms with E-state index in [-0.39, 0.29) is 16.7 Å². The normalized spacial score (nSPS) is 11.3. The average Bonchev–Trinajstić information content (AvgIpc) is 3.03. The fourth-order valence-electron chi connectivity index (χ4n) is 3.35. The van der Waals surface area contributed by atoms with E-state index >= 15 is 0 Å². The number of hydrogen-bond acceptors (Lipinski definition) is 3. The topological polar surface area (TPSA) is 77.1 Å². The lowest BCUT2D eigenvalue weighted by Crippen LogP contribution is -2.28. The van der Waals surface area contributed by atoms with Crippen molar-refractivity contribution in [1.82, 2.24) is 14.3 Å². The lowest BCUT2D eigenvalue weighted by Gasteiger charge is -2.18. The average molecular weight is 403 g/mol. The van der Waals surface area contributed by atoms with E-state index < -0.39 is 5.97 Å². The first kappa shape index (κ1) is 21.1. The molecule has 6 nitrogen and oxygen atoms in total. The van der Waals surface area contributed by atoms with Crippen LogP contribution in [0.4, 0.5) is 0 Å². The van der Waals surface area contributed by atoms with Crippen molar-refractivity contribution in [2.45, 2.75) is 45.7 Å². The molecule has 3 rings (SSSR count). The van der Waals surface area contributed by atoms with E-state index in [9.17, 15) is 14.7 Å². The van der Waals surface area contributed by atoms with Crippen LogP contribution in [0, 0.1) is 12.3 Å². The number of hydrogen-bond donors (Lipinski definition) is 1. The molecule has 2 aromatic carbocycles.